The van der Waals surface area contributed by atoms with Crippen molar-refractivity contribution in [1.29, 1.82) is 0 Å². The normalized spacial score (nSPS) is 13.3. The van der Waals surface area contributed by atoms with Gasteiger partial charge in [0.05, 0.1) is 12.1 Å². The SMILES string of the molecule is CC(C)C(CO)NCCc1ccc2[nH]c(=O)oc2c1. The predicted molar refractivity (Wildman–Crippen MR) is 74.3 cm³/mol. The van der Waals surface area contributed by atoms with E-state index in [0.29, 0.717) is 11.5 Å². The van der Waals surface area contributed by atoms with E-state index in [1.807, 2.05) is 18.2 Å². The van der Waals surface area contributed by atoms with Crippen molar-refractivity contribution in [1.82, 2.24) is 10.3 Å². The maximum absolute atomic E-state index is 11.1. The Kier molecular flexibility index (Phi) is 4.39. The number of fused-ring (bicyclic) bond motifs is 1. The Bertz CT molecular complexity index is 586. The summed E-state index contributed by atoms with van der Waals surface area (Å²) >= 11 is 0. The van der Waals surface area contributed by atoms with Crippen LogP contribution in [0, 0.1) is 5.92 Å². The quantitative estimate of drug-likeness (QED) is 0.734. The first kappa shape index (κ1) is 13.8. The molecule has 0 fully saturated rings. The average molecular weight is 264 g/mol. The molecule has 104 valence electrons. The van der Waals surface area contributed by atoms with Crippen LogP contribution in [0.15, 0.2) is 27.4 Å². The minimum absolute atomic E-state index is 0.119. The van der Waals surface area contributed by atoms with Crippen molar-refractivity contribution in [2.45, 2.75) is 26.3 Å². The number of nitrogens with one attached hydrogen (secondary N) is 2. The number of aliphatic hydroxyl groups is 1. The highest BCUT2D eigenvalue weighted by atomic mass is 16.4. The number of aromatic amines is 1. The smallest absolute Gasteiger partial charge is 0.408 e. The maximum Gasteiger partial charge on any atom is 0.417 e. The fraction of sp³-hybridized carbons (Fsp3) is 0.500. The summed E-state index contributed by atoms with van der Waals surface area (Å²) < 4.78 is 5.02. The van der Waals surface area contributed by atoms with Gasteiger partial charge >= 0.3 is 5.76 Å². The number of aromatic nitrogens is 1. The standard InChI is InChI=1S/C14H20N2O3/c1-9(2)12(8-17)15-6-5-10-3-4-11-13(7-10)19-14(18)16-11/h3-4,7,9,12,15,17H,5-6,8H2,1-2H3,(H,16,18). The third kappa shape index (κ3) is 3.45. The zero-order chi connectivity index (χ0) is 13.8. The summed E-state index contributed by atoms with van der Waals surface area (Å²) in [5, 5.41) is 12.5. The first-order chi connectivity index (χ1) is 9.10. The van der Waals surface area contributed by atoms with Crippen LogP contribution in [0.2, 0.25) is 0 Å². The third-order valence-corrected chi connectivity index (χ3v) is 3.31. The van der Waals surface area contributed by atoms with E-state index in [1.54, 1.807) is 0 Å². The first-order valence-electron chi connectivity index (χ1n) is 6.56. The predicted octanol–water partition coefficient (Wildman–Crippen LogP) is 1.27. The summed E-state index contributed by atoms with van der Waals surface area (Å²) in [5.74, 6) is -0.0272. The van der Waals surface area contributed by atoms with E-state index in [1.165, 1.54) is 0 Å². The molecular weight excluding hydrogens is 244 g/mol. The second kappa shape index (κ2) is 6.04. The molecule has 1 aromatic heterocycles. The molecule has 0 amide bonds. The van der Waals surface area contributed by atoms with Gasteiger partial charge in [0.15, 0.2) is 5.58 Å². The van der Waals surface area contributed by atoms with E-state index >= 15 is 0 Å². The van der Waals surface area contributed by atoms with Gasteiger partial charge in [0.1, 0.15) is 0 Å². The molecule has 1 heterocycles. The van der Waals surface area contributed by atoms with E-state index < -0.39 is 5.76 Å². The highest BCUT2D eigenvalue weighted by Crippen LogP contribution is 2.12. The number of rotatable bonds is 6. The molecule has 2 aromatic rings. The fourth-order valence-electron chi connectivity index (χ4n) is 2.06. The molecule has 0 saturated heterocycles. The Morgan fingerprint density at radius 1 is 1.42 bits per heavy atom. The van der Waals surface area contributed by atoms with Crippen LogP contribution >= 0.6 is 0 Å². The average Bonchev–Trinajstić information content (AvgIpc) is 2.73. The van der Waals surface area contributed by atoms with E-state index in [-0.39, 0.29) is 12.6 Å². The van der Waals surface area contributed by atoms with E-state index in [4.69, 9.17) is 4.42 Å². The van der Waals surface area contributed by atoms with Gasteiger partial charge in [-0.3, -0.25) is 4.98 Å². The number of H-pyrrole nitrogens is 1. The minimum Gasteiger partial charge on any atom is -0.408 e. The summed E-state index contributed by atoms with van der Waals surface area (Å²) in [7, 11) is 0. The molecule has 3 N–H and O–H groups in total. The van der Waals surface area contributed by atoms with Crippen molar-refractivity contribution in [3.05, 3.63) is 34.3 Å². The minimum atomic E-state index is -0.426. The molecule has 0 aliphatic rings. The molecule has 5 heteroatoms. The second-order valence-electron chi connectivity index (χ2n) is 5.08. The van der Waals surface area contributed by atoms with Gasteiger partial charge in [-0.25, -0.2) is 4.79 Å². The number of benzene rings is 1. The highest BCUT2D eigenvalue weighted by Gasteiger charge is 2.10. The fourth-order valence-corrected chi connectivity index (χ4v) is 2.06. The van der Waals surface area contributed by atoms with Gasteiger partial charge in [-0.2, -0.15) is 0 Å². The molecule has 1 aromatic carbocycles. The van der Waals surface area contributed by atoms with Crippen molar-refractivity contribution >= 4 is 11.1 Å². The van der Waals surface area contributed by atoms with Crippen LogP contribution in [-0.4, -0.2) is 29.3 Å². The van der Waals surface area contributed by atoms with Gasteiger partial charge in [-0.15, -0.1) is 0 Å². The van der Waals surface area contributed by atoms with Crippen LogP contribution in [0.5, 0.6) is 0 Å². The molecule has 0 saturated carbocycles. The molecule has 0 bridgehead atoms. The lowest BCUT2D eigenvalue weighted by atomic mass is 10.0. The van der Waals surface area contributed by atoms with E-state index in [2.05, 4.69) is 24.1 Å². The Morgan fingerprint density at radius 2 is 2.21 bits per heavy atom. The highest BCUT2D eigenvalue weighted by molar-refractivity contribution is 5.72. The lowest BCUT2D eigenvalue weighted by molar-refractivity contribution is 0.212. The summed E-state index contributed by atoms with van der Waals surface area (Å²) in [6, 6.07) is 5.81. The van der Waals surface area contributed by atoms with Gasteiger partial charge in [0.25, 0.3) is 0 Å². The van der Waals surface area contributed by atoms with Crippen molar-refractivity contribution in [2.24, 2.45) is 5.92 Å². The Balaban J connectivity index is 1.96. The molecule has 0 aliphatic carbocycles. The van der Waals surface area contributed by atoms with Gasteiger partial charge in [0.2, 0.25) is 0 Å². The van der Waals surface area contributed by atoms with Crippen LogP contribution in [-0.2, 0) is 6.42 Å². The molecular formula is C14H20N2O3. The number of hydrogen-bond acceptors (Lipinski definition) is 4. The number of hydrogen-bond donors (Lipinski definition) is 3. The molecule has 1 unspecified atom stereocenters. The van der Waals surface area contributed by atoms with Crippen LogP contribution in [0.3, 0.4) is 0 Å². The molecule has 5 nitrogen and oxygen atoms in total. The molecule has 0 spiro atoms. The Hall–Kier alpha value is -1.59. The van der Waals surface area contributed by atoms with Gasteiger partial charge in [0, 0.05) is 6.04 Å². The van der Waals surface area contributed by atoms with Gasteiger partial charge in [-0.1, -0.05) is 19.9 Å². The summed E-state index contributed by atoms with van der Waals surface area (Å²) in [5.41, 5.74) is 2.41. The first-order valence-corrected chi connectivity index (χ1v) is 6.56. The maximum atomic E-state index is 11.1. The molecule has 19 heavy (non-hydrogen) atoms. The van der Waals surface area contributed by atoms with Crippen molar-refractivity contribution in [3.63, 3.8) is 0 Å². The van der Waals surface area contributed by atoms with Gasteiger partial charge in [-0.05, 0) is 36.6 Å². The molecule has 0 radical (unpaired) electrons. The summed E-state index contributed by atoms with van der Waals surface area (Å²) in [4.78, 5) is 13.7. The van der Waals surface area contributed by atoms with Crippen LogP contribution in [0.25, 0.3) is 11.1 Å². The van der Waals surface area contributed by atoms with E-state index in [9.17, 15) is 9.90 Å². The van der Waals surface area contributed by atoms with Crippen LogP contribution < -0.4 is 11.1 Å². The van der Waals surface area contributed by atoms with Crippen LogP contribution in [0.1, 0.15) is 19.4 Å². The summed E-state index contributed by atoms with van der Waals surface area (Å²) in [6.07, 6.45) is 0.827. The van der Waals surface area contributed by atoms with E-state index in [0.717, 1.165) is 24.0 Å². The third-order valence-electron chi connectivity index (χ3n) is 3.31. The van der Waals surface area contributed by atoms with Crippen molar-refractivity contribution < 1.29 is 9.52 Å². The number of oxazole rings is 1. The van der Waals surface area contributed by atoms with Crippen molar-refractivity contribution in [2.75, 3.05) is 13.2 Å². The lowest BCUT2D eigenvalue weighted by Crippen LogP contribution is -2.38. The lowest BCUT2D eigenvalue weighted by Gasteiger charge is -2.19. The largest absolute Gasteiger partial charge is 0.417 e. The molecule has 1 atom stereocenters. The topological polar surface area (TPSA) is 78.3 Å². The second-order valence-corrected chi connectivity index (χ2v) is 5.08. The Morgan fingerprint density at radius 3 is 2.89 bits per heavy atom. The van der Waals surface area contributed by atoms with Crippen LogP contribution in [0.4, 0.5) is 0 Å². The zero-order valence-electron chi connectivity index (χ0n) is 11.3. The Labute approximate surface area is 111 Å². The van der Waals surface area contributed by atoms with Crippen molar-refractivity contribution in [3.8, 4) is 0 Å². The summed E-state index contributed by atoms with van der Waals surface area (Å²) in [6.45, 7) is 5.08. The van der Waals surface area contributed by atoms with Gasteiger partial charge < -0.3 is 14.8 Å². The molecule has 0 aliphatic heterocycles. The number of aliphatic hydroxyl groups excluding tert-OH is 1. The monoisotopic (exact) mass is 264 g/mol. The zero-order valence-corrected chi connectivity index (χ0v) is 11.3. The molecule has 2 rings (SSSR count).